The van der Waals surface area contributed by atoms with Gasteiger partial charge >= 0.3 is 12.1 Å². The van der Waals surface area contributed by atoms with Gasteiger partial charge in [0, 0.05) is 49.3 Å². The van der Waals surface area contributed by atoms with Crippen LogP contribution in [-0.4, -0.2) is 64.8 Å². The molecule has 4 rings (SSSR count). The molecule has 0 unspecified atom stereocenters. The number of carbonyl (C=O) groups excluding carboxylic acids is 2. The highest BCUT2D eigenvalue weighted by molar-refractivity contribution is 5.95. The quantitative estimate of drug-likeness (QED) is 0.318. The van der Waals surface area contributed by atoms with Crippen LogP contribution in [0.25, 0.3) is 0 Å². The van der Waals surface area contributed by atoms with E-state index in [2.05, 4.69) is 30.8 Å². The summed E-state index contributed by atoms with van der Waals surface area (Å²) >= 11 is 0. The van der Waals surface area contributed by atoms with Crippen LogP contribution in [0.5, 0.6) is 0 Å². The van der Waals surface area contributed by atoms with Crippen LogP contribution in [-0.2, 0) is 16.1 Å². The molecule has 0 radical (unpaired) electrons. The monoisotopic (exact) mass is 518 g/mol. The summed E-state index contributed by atoms with van der Waals surface area (Å²) in [6.07, 6.45) is 4.40. The minimum absolute atomic E-state index is 0.00729. The maximum absolute atomic E-state index is 12.6. The van der Waals surface area contributed by atoms with E-state index < -0.39 is 24.0 Å². The third kappa shape index (κ3) is 7.66. The predicted octanol–water partition coefficient (Wildman–Crippen LogP) is 2.67. The molecule has 1 saturated heterocycles. The molecule has 2 aromatic carbocycles. The van der Waals surface area contributed by atoms with Gasteiger partial charge in [-0.25, -0.2) is 19.6 Å². The molecule has 0 spiro atoms. The van der Waals surface area contributed by atoms with Crippen LogP contribution in [0.15, 0.2) is 73.1 Å². The average molecular weight is 519 g/mol. The Balaban J connectivity index is 1.22. The van der Waals surface area contributed by atoms with Crippen molar-refractivity contribution >= 4 is 29.6 Å². The van der Waals surface area contributed by atoms with E-state index in [1.54, 1.807) is 54.9 Å². The standard InChI is InChI=1S/C27H30N6O5/c34-24(30-17-23(25(35)36)32-27(37)38-18-19-5-2-1-3-6-19)20-7-9-22(10-8-20)33-15-11-21(12-16-33)31-26-28-13-4-14-29-26/h1-10,13-14,21,23H,11-12,15-18H2,(H,30,34)(H,32,37)(H,35,36)(H,28,29,31)/t23-/m0/s1. The van der Waals surface area contributed by atoms with Crippen LogP contribution >= 0.6 is 0 Å². The molecule has 1 aliphatic heterocycles. The fraction of sp³-hybridized carbons (Fsp3) is 0.296. The Morgan fingerprint density at radius 3 is 2.32 bits per heavy atom. The number of aliphatic carboxylic acids is 1. The topological polar surface area (TPSA) is 146 Å². The number of amides is 2. The van der Waals surface area contributed by atoms with Gasteiger partial charge in [0.1, 0.15) is 12.6 Å². The average Bonchev–Trinajstić information content (AvgIpc) is 2.95. The van der Waals surface area contributed by atoms with E-state index in [0.29, 0.717) is 17.6 Å². The van der Waals surface area contributed by atoms with Crippen molar-refractivity contribution in [1.82, 2.24) is 20.6 Å². The second-order valence-electron chi connectivity index (χ2n) is 8.83. The largest absolute Gasteiger partial charge is 0.480 e. The van der Waals surface area contributed by atoms with Gasteiger partial charge in [0.2, 0.25) is 5.95 Å². The Bertz CT molecular complexity index is 1200. The van der Waals surface area contributed by atoms with Crippen LogP contribution in [0, 0.1) is 0 Å². The van der Waals surface area contributed by atoms with E-state index >= 15 is 0 Å². The summed E-state index contributed by atoms with van der Waals surface area (Å²) in [4.78, 5) is 46.8. The lowest BCUT2D eigenvalue weighted by Crippen LogP contribution is -2.48. The first-order valence-corrected chi connectivity index (χ1v) is 12.3. The van der Waals surface area contributed by atoms with Crippen molar-refractivity contribution in [3.05, 3.63) is 84.2 Å². The highest BCUT2D eigenvalue weighted by Gasteiger charge is 2.23. The zero-order valence-corrected chi connectivity index (χ0v) is 20.7. The van der Waals surface area contributed by atoms with E-state index in [-0.39, 0.29) is 13.2 Å². The number of alkyl carbamates (subject to hydrolysis) is 1. The van der Waals surface area contributed by atoms with Gasteiger partial charge in [-0.15, -0.1) is 0 Å². The Labute approximate surface area is 220 Å². The van der Waals surface area contributed by atoms with Crippen molar-refractivity contribution in [3.8, 4) is 0 Å². The third-order valence-corrected chi connectivity index (χ3v) is 6.16. The number of piperidine rings is 1. The predicted molar refractivity (Wildman–Crippen MR) is 141 cm³/mol. The summed E-state index contributed by atoms with van der Waals surface area (Å²) in [5, 5.41) is 17.6. The molecular weight excluding hydrogens is 488 g/mol. The third-order valence-electron chi connectivity index (χ3n) is 6.16. The summed E-state index contributed by atoms with van der Waals surface area (Å²) < 4.78 is 5.07. The lowest BCUT2D eigenvalue weighted by Gasteiger charge is -2.34. The van der Waals surface area contributed by atoms with Crippen LogP contribution in [0.3, 0.4) is 0 Å². The van der Waals surface area contributed by atoms with Gasteiger partial charge < -0.3 is 30.7 Å². The second kappa shape index (κ2) is 13.0. The number of carboxylic acid groups (broad SMARTS) is 1. The molecule has 1 aromatic heterocycles. The molecule has 0 bridgehead atoms. The Kier molecular flexibility index (Phi) is 9.06. The fourth-order valence-corrected chi connectivity index (χ4v) is 4.07. The van der Waals surface area contributed by atoms with E-state index in [1.807, 2.05) is 18.2 Å². The molecule has 11 heteroatoms. The van der Waals surface area contributed by atoms with Crippen molar-refractivity contribution in [1.29, 1.82) is 0 Å². The number of carbonyl (C=O) groups is 3. The van der Waals surface area contributed by atoms with Gasteiger partial charge in [-0.1, -0.05) is 30.3 Å². The Hall–Kier alpha value is -4.67. The van der Waals surface area contributed by atoms with Crippen LogP contribution in [0.1, 0.15) is 28.8 Å². The normalized spacial score (nSPS) is 14.3. The Morgan fingerprint density at radius 2 is 1.66 bits per heavy atom. The van der Waals surface area contributed by atoms with Crippen molar-refractivity contribution in [2.45, 2.75) is 31.5 Å². The number of hydrogen-bond acceptors (Lipinski definition) is 8. The fourth-order valence-electron chi connectivity index (χ4n) is 4.07. The smallest absolute Gasteiger partial charge is 0.408 e. The van der Waals surface area contributed by atoms with E-state index in [9.17, 15) is 19.5 Å². The van der Waals surface area contributed by atoms with Gasteiger partial charge in [0.15, 0.2) is 0 Å². The molecule has 11 nitrogen and oxygen atoms in total. The molecular formula is C27H30N6O5. The zero-order valence-electron chi connectivity index (χ0n) is 20.7. The zero-order chi connectivity index (χ0) is 26.7. The summed E-state index contributed by atoms with van der Waals surface area (Å²) in [6.45, 7) is 1.42. The maximum Gasteiger partial charge on any atom is 0.408 e. The van der Waals surface area contributed by atoms with Crippen molar-refractivity contribution < 1.29 is 24.2 Å². The van der Waals surface area contributed by atoms with Gasteiger partial charge in [-0.05, 0) is 48.7 Å². The summed E-state index contributed by atoms with van der Waals surface area (Å²) in [6, 6.07) is 16.9. The lowest BCUT2D eigenvalue weighted by molar-refractivity contribution is -0.139. The van der Waals surface area contributed by atoms with E-state index in [1.165, 1.54) is 0 Å². The minimum atomic E-state index is -1.34. The number of benzene rings is 2. The Morgan fingerprint density at radius 1 is 0.974 bits per heavy atom. The number of nitrogens with one attached hydrogen (secondary N) is 3. The van der Waals surface area contributed by atoms with Crippen LogP contribution in [0.4, 0.5) is 16.4 Å². The lowest BCUT2D eigenvalue weighted by atomic mass is 10.0. The number of hydrogen-bond donors (Lipinski definition) is 4. The molecule has 4 N–H and O–H groups in total. The second-order valence-corrected chi connectivity index (χ2v) is 8.83. The first-order valence-electron chi connectivity index (χ1n) is 12.3. The van der Waals surface area contributed by atoms with Gasteiger partial charge in [0.25, 0.3) is 5.91 Å². The summed E-state index contributed by atoms with van der Waals surface area (Å²) in [5.41, 5.74) is 2.17. The number of aromatic nitrogens is 2. The van der Waals surface area contributed by atoms with Gasteiger partial charge in [-0.3, -0.25) is 4.79 Å². The number of anilines is 2. The number of rotatable bonds is 10. The number of nitrogens with zero attached hydrogens (tertiary/aromatic N) is 3. The first-order chi connectivity index (χ1) is 18.5. The molecule has 3 aromatic rings. The molecule has 1 aliphatic rings. The van der Waals surface area contributed by atoms with Gasteiger partial charge in [-0.2, -0.15) is 0 Å². The molecule has 1 atom stereocenters. The van der Waals surface area contributed by atoms with Gasteiger partial charge in [0.05, 0.1) is 0 Å². The van der Waals surface area contributed by atoms with Crippen LogP contribution in [0.2, 0.25) is 0 Å². The van der Waals surface area contributed by atoms with E-state index in [4.69, 9.17) is 4.74 Å². The molecule has 1 fully saturated rings. The molecule has 0 saturated carbocycles. The van der Waals surface area contributed by atoms with Crippen molar-refractivity contribution in [3.63, 3.8) is 0 Å². The first kappa shape index (κ1) is 26.4. The highest BCUT2D eigenvalue weighted by Crippen LogP contribution is 2.22. The molecule has 198 valence electrons. The number of carboxylic acids is 1. The minimum Gasteiger partial charge on any atom is -0.480 e. The highest BCUT2D eigenvalue weighted by atomic mass is 16.5. The SMILES string of the molecule is O=C(N[C@@H](CNC(=O)c1ccc(N2CCC(Nc3ncccn3)CC2)cc1)C(=O)O)OCc1ccccc1. The molecule has 0 aliphatic carbocycles. The van der Waals surface area contributed by atoms with Crippen LogP contribution < -0.4 is 20.9 Å². The molecule has 2 amide bonds. The number of ether oxygens (including phenoxy) is 1. The van der Waals surface area contributed by atoms with Crippen molar-refractivity contribution in [2.75, 3.05) is 29.9 Å². The maximum atomic E-state index is 12.6. The van der Waals surface area contributed by atoms with E-state index in [0.717, 1.165) is 37.2 Å². The summed E-state index contributed by atoms with van der Waals surface area (Å²) in [7, 11) is 0. The van der Waals surface area contributed by atoms with Crippen molar-refractivity contribution in [2.24, 2.45) is 0 Å². The summed E-state index contributed by atoms with van der Waals surface area (Å²) in [5.74, 6) is -1.09. The molecule has 38 heavy (non-hydrogen) atoms. The molecule has 2 heterocycles.